The van der Waals surface area contributed by atoms with Crippen molar-refractivity contribution in [3.05, 3.63) is 32.6 Å². The molecule has 1 heterocycles. The van der Waals surface area contributed by atoms with Gasteiger partial charge in [-0.3, -0.25) is 4.79 Å². The van der Waals surface area contributed by atoms with Crippen LogP contribution < -0.4 is 16.4 Å². The minimum Gasteiger partial charge on any atom is -0.382 e. The number of hydrogen-bond acceptors (Lipinski definition) is 5. The Kier molecular flexibility index (Phi) is 4.85. The average Bonchev–Trinajstić information content (AvgIpc) is 2.75. The Hall–Kier alpha value is -1.31. The first-order valence-corrected chi connectivity index (χ1v) is 7.76. The fourth-order valence-corrected chi connectivity index (χ4v) is 2.86. The number of carbonyl (C=O) groups is 1. The quantitative estimate of drug-likeness (QED) is 0.759. The van der Waals surface area contributed by atoms with Gasteiger partial charge in [0, 0.05) is 16.0 Å². The summed E-state index contributed by atoms with van der Waals surface area (Å²) >= 11 is 10.5. The van der Waals surface area contributed by atoms with E-state index in [1.807, 2.05) is 6.92 Å². The molecule has 4 N–H and O–H groups in total. The fraction of sp³-hybridized carbons (Fsp3) is 0.167. The van der Waals surface area contributed by atoms with Crippen LogP contribution in [0, 0.1) is 0 Å². The highest BCUT2D eigenvalue weighted by Crippen LogP contribution is 2.29. The molecule has 1 aromatic carbocycles. The number of carbonyl (C=O) groups excluding carboxylic acids is 1. The molecule has 0 unspecified atom stereocenters. The van der Waals surface area contributed by atoms with Gasteiger partial charge in [0.25, 0.3) is 5.91 Å². The molecule has 1 aromatic heterocycles. The Morgan fingerprint density at radius 1 is 1.55 bits per heavy atom. The van der Waals surface area contributed by atoms with E-state index in [0.29, 0.717) is 27.3 Å². The third kappa shape index (κ3) is 3.41. The van der Waals surface area contributed by atoms with E-state index in [0.717, 1.165) is 4.47 Å². The number of halogens is 2. The summed E-state index contributed by atoms with van der Waals surface area (Å²) in [5, 5.41) is 6.94. The zero-order chi connectivity index (χ0) is 14.7. The largest absolute Gasteiger partial charge is 0.382 e. The molecular weight excluding hydrogens is 364 g/mol. The summed E-state index contributed by atoms with van der Waals surface area (Å²) in [5.41, 5.74) is 6.34. The van der Waals surface area contributed by atoms with Crippen LogP contribution in [-0.2, 0) is 0 Å². The zero-order valence-electron chi connectivity index (χ0n) is 10.5. The van der Waals surface area contributed by atoms with Crippen molar-refractivity contribution in [2.45, 2.75) is 6.92 Å². The van der Waals surface area contributed by atoms with Crippen molar-refractivity contribution in [3.63, 3.8) is 0 Å². The van der Waals surface area contributed by atoms with Crippen LogP contribution in [0.4, 0.5) is 16.6 Å². The lowest BCUT2D eigenvalue weighted by Gasteiger charge is -2.06. The molecule has 0 atom stereocenters. The predicted molar refractivity (Wildman–Crippen MR) is 87.8 cm³/mol. The molecule has 0 aliphatic rings. The van der Waals surface area contributed by atoms with E-state index in [1.165, 1.54) is 11.3 Å². The molecule has 0 radical (unpaired) electrons. The summed E-state index contributed by atoms with van der Waals surface area (Å²) in [6.07, 6.45) is 0. The van der Waals surface area contributed by atoms with Gasteiger partial charge in [-0.05, 0) is 41.1 Å². The molecule has 0 saturated heterocycles. The van der Waals surface area contributed by atoms with Crippen LogP contribution in [0.3, 0.4) is 0 Å². The smallest absolute Gasteiger partial charge is 0.269 e. The van der Waals surface area contributed by atoms with E-state index in [9.17, 15) is 4.79 Å². The minimum absolute atomic E-state index is 0.210. The lowest BCUT2D eigenvalue weighted by atomic mass is 10.3. The van der Waals surface area contributed by atoms with Crippen molar-refractivity contribution < 1.29 is 4.79 Å². The maximum Gasteiger partial charge on any atom is 0.269 e. The SMILES string of the molecule is CCNc1nc(N)c(C(=O)Nc2cc(Cl)ccc2Br)s1. The highest BCUT2D eigenvalue weighted by Gasteiger charge is 2.17. The number of nitrogens with two attached hydrogens (primary N) is 1. The van der Waals surface area contributed by atoms with E-state index >= 15 is 0 Å². The molecule has 0 bridgehead atoms. The lowest BCUT2D eigenvalue weighted by molar-refractivity contribution is 0.103. The van der Waals surface area contributed by atoms with Crippen LogP contribution in [0.5, 0.6) is 0 Å². The molecule has 0 aliphatic heterocycles. The van der Waals surface area contributed by atoms with Gasteiger partial charge < -0.3 is 16.4 Å². The van der Waals surface area contributed by atoms with E-state index in [-0.39, 0.29) is 11.7 Å². The van der Waals surface area contributed by atoms with Gasteiger partial charge in [-0.2, -0.15) is 0 Å². The van der Waals surface area contributed by atoms with Crippen molar-refractivity contribution in [3.8, 4) is 0 Å². The second kappa shape index (κ2) is 6.43. The molecule has 8 heteroatoms. The van der Waals surface area contributed by atoms with Crippen LogP contribution in [0.1, 0.15) is 16.6 Å². The fourth-order valence-electron chi connectivity index (χ4n) is 1.49. The number of aromatic nitrogens is 1. The third-order valence-electron chi connectivity index (χ3n) is 2.36. The molecule has 0 spiro atoms. The second-order valence-corrected chi connectivity index (χ2v) is 6.13. The Labute approximate surface area is 133 Å². The number of nitrogens with zero attached hydrogens (tertiary/aromatic N) is 1. The molecule has 0 saturated carbocycles. The monoisotopic (exact) mass is 374 g/mol. The standard InChI is InChI=1S/C12H12BrClN4OS/c1-2-16-12-18-10(15)9(20-12)11(19)17-8-5-6(14)3-4-7(8)13/h3-5H,2,15H2,1H3,(H,16,18)(H,17,19). The maximum atomic E-state index is 12.2. The molecule has 0 aliphatic carbocycles. The van der Waals surface area contributed by atoms with Gasteiger partial charge in [-0.25, -0.2) is 4.98 Å². The maximum absolute atomic E-state index is 12.2. The van der Waals surface area contributed by atoms with Crippen molar-refractivity contribution in [2.75, 3.05) is 22.9 Å². The summed E-state index contributed by atoms with van der Waals surface area (Å²) in [6.45, 7) is 2.66. The van der Waals surface area contributed by atoms with Gasteiger partial charge in [-0.15, -0.1) is 0 Å². The van der Waals surface area contributed by atoms with Crippen molar-refractivity contribution in [1.82, 2.24) is 4.98 Å². The van der Waals surface area contributed by atoms with Crippen molar-refractivity contribution >= 4 is 61.4 Å². The number of hydrogen-bond donors (Lipinski definition) is 3. The molecule has 20 heavy (non-hydrogen) atoms. The van der Waals surface area contributed by atoms with E-state index in [4.69, 9.17) is 17.3 Å². The predicted octanol–water partition coefficient (Wildman–Crippen LogP) is 3.83. The number of rotatable bonds is 4. The number of amides is 1. The van der Waals surface area contributed by atoms with Crippen molar-refractivity contribution in [1.29, 1.82) is 0 Å². The molecule has 2 aromatic rings. The summed E-state index contributed by atoms with van der Waals surface area (Å²) in [5.74, 6) is -0.103. The number of benzene rings is 1. The summed E-state index contributed by atoms with van der Waals surface area (Å²) in [6, 6.07) is 5.15. The van der Waals surface area contributed by atoms with Gasteiger partial charge in [0.1, 0.15) is 10.7 Å². The molecule has 1 amide bonds. The highest BCUT2D eigenvalue weighted by molar-refractivity contribution is 9.10. The highest BCUT2D eigenvalue weighted by atomic mass is 79.9. The van der Waals surface area contributed by atoms with Crippen LogP contribution in [0.25, 0.3) is 0 Å². The van der Waals surface area contributed by atoms with E-state index in [2.05, 4.69) is 31.5 Å². The summed E-state index contributed by atoms with van der Waals surface area (Å²) in [4.78, 5) is 16.7. The summed E-state index contributed by atoms with van der Waals surface area (Å²) in [7, 11) is 0. The summed E-state index contributed by atoms with van der Waals surface area (Å²) < 4.78 is 0.741. The normalized spacial score (nSPS) is 10.3. The second-order valence-electron chi connectivity index (χ2n) is 3.84. The van der Waals surface area contributed by atoms with Crippen LogP contribution >= 0.6 is 38.9 Å². The van der Waals surface area contributed by atoms with Gasteiger partial charge in [-0.1, -0.05) is 22.9 Å². The topological polar surface area (TPSA) is 80.0 Å². The Morgan fingerprint density at radius 3 is 3.00 bits per heavy atom. The minimum atomic E-state index is -0.313. The number of nitrogens with one attached hydrogen (secondary N) is 2. The lowest BCUT2D eigenvalue weighted by Crippen LogP contribution is -2.12. The average molecular weight is 376 g/mol. The molecule has 5 nitrogen and oxygen atoms in total. The first kappa shape index (κ1) is 15.1. The van der Waals surface area contributed by atoms with Crippen molar-refractivity contribution in [2.24, 2.45) is 0 Å². The third-order valence-corrected chi connectivity index (χ3v) is 4.32. The molecule has 106 valence electrons. The van der Waals surface area contributed by atoms with E-state index < -0.39 is 0 Å². The number of thiazole rings is 1. The van der Waals surface area contributed by atoms with Crippen LogP contribution in [0.2, 0.25) is 5.02 Å². The Bertz CT molecular complexity index is 646. The molecule has 2 rings (SSSR count). The van der Waals surface area contributed by atoms with Gasteiger partial charge in [0.15, 0.2) is 5.13 Å². The van der Waals surface area contributed by atoms with Gasteiger partial charge in [0.05, 0.1) is 5.69 Å². The molecular formula is C12H12BrClN4OS. The molecule has 0 fully saturated rings. The zero-order valence-corrected chi connectivity index (χ0v) is 13.7. The number of anilines is 3. The van der Waals surface area contributed by atoms with Gasteiger partial charge in [0.2, 0.25) is 0 Å². The first-order valence-electron chi connectivity index (χ1n) is 5.77. The Morgan fingerprint density at radius 2 is 2.30 bits per heavy atom. The first-order chi connectivity index (χ1) is 9.51. The Balaban J connectivity index is 2.21. The number of nitrogen functional groups attached to an aromatic ring is 1. The van der Waals surface area contributed by atoms with E-state index in [1.54, 1.807) is 18.2 Å². The van der Waals surface area contributed by atoms with Gasteiger partial charge >= 0.3 is 0 Å². The van der Waals surface area contributed by atoms with Crippen LogP contribution in [-0.4, -0.2) is 17.4 Å². The van der Waals surface area contributed by atoms with Crippen LogP contribution in [0.15, 0.2) is 22.7 Å².